The third-order valence-corrected chi connectivity index (χ3v) is 4.13. The quantitative estimate of drug-likeness (QED) is 0.462. The lowest BCUT2D eigenvalue weighted by atomic mass is 10.1. The molecule has 6 nitrogen and oxygen atoms in total. The summed E-state index contributed by atoms with van der Waals surface area (Å²) >= 11 is 11.9. The molecule has 0 aliphatic carbocycles. The van der Waals surface area contributed by atoms with Crippen molar-refractivity contribution >= 4 is 35.1 Å². The number of ether oxygens (including phenoxy) is 1. The van der Waals surface area contributed by atoms with Gasteiger partial charge in [0.15, 0.2) is 5.96 Å². The zero-order valence-electron chi connectivity index (χ0n) is 14.8. The zero-order chi connectivity index (χ0) is 20.7. The summed E-state index contributed by atoms with van der Waals surface area (Å²) in [7, 11) is 1.55. The average molecular weight is 431 g/mol. The molecule has 0 atom stereocenters. The van der Waals surface area contributed by atoms with E-state index >= 15 is 0 Å². The van der Waals surface area contributed by atoms with E-state index in [1.165, 1.54) is 12.1 Å². The molecular formula is C18H18Cl2F2N4O2. The number of nitrogens with two attached hydrogens (primary N) is 1. The van der Waals surface area contributed by atoms with Crippen LogP contribution in [0.25, 0.3) is 0 Å². The number of guanidine groups is 1. The highest BCUT2D eigenvalue weighted by Crippen LogP contribution is 2.33. The van der Waals surface area contributed by atoms with Crippen molar-refractivity contribution in [1.82, 2.24) is 10.6 Å². The van der Waals surface area contributed by atoms with Gasteiger partial charge in [0.05, 0.1) is 5.02 Å². The molecule has 0 unspecified atom stereocenters. The maximum atomic E-state index is 12.6. The van der Waals surface area contributed by atoms with Crippen LogP contribution in [0, 0.1) is 0 Å². The SMILES string of the molecule is CN=C(NCc1cccc(C(N)=O)c1)NCc1cc(Cl)cc(Cl)c1OC(F)F. The third kappa shape index (κ3) is 6.24. The molecule has 2 aromatic carbocycles. The Morgan fingerprint density at radius 3 is 2.57 bits per heavy atom. The first kappa shape index (κ1) is 21.7. The summed E-state index contributed by atoms with van der Waals surface area (Å²) in [5.41, 5.74) is 6.82. The summed E-state index contributed by atoms with van der Waals surface area (Å²) in [6.45, 7) is -2.58. The number of primary amides is 1. The Balaban J connectivity index is 2.05. The van der Waals surface area contributed by atoms with Crippen LogP contribution < -0.4 is 21.1 Å². The van der Waals surface area contributed by atoms with Crippen LogP contribution in [0.5, 0.6) is 5.75 Å². The lowest BCUT2D eigenvalue weighted by molar-refractivity contribution is -0.0504. The molecule has 0 radical (unpaired) electrons. The first-order valence-corrected chi connectivity index (χ1v) is 8.81. The first-order valence-electron chi connectivity index (χ1n) is 8.06. The van der Waals surface area contributed by atoms with Crippen molar-refractivity contribution in [2.75, 3.05) is 7.05 Å². The number of carbonyl (C=O) groups excluding carboxylic acids is 1. The van der Waals surface area contributed by atoms with Crippen LogP contribution in [0.4, 0.5) is 8.78 Å². The van der Waals surface area contributed by atoms with Crippen molar-refractivity contribution in [3.63, 3.8) is 0 Å². The number of hydrogen-bond donors (Lipinski definition) is 3. The lowest BCUT2D eigenvalue weighted by Gasteiger charge is -2.16. The van der Waals surface area contributed by atoms with E-state index in [1.807, 2.05) is 6.07 Å². The van der Waals surface area contributed by atoms with Gasteiger partial charge in [-0.05, 0) is 29.8 Å². The van der Waals surface area contributed by atoms with Crippen LogP contribution in [-0.2, 0) is 13.1 Å². The molecule has 0 bridgehead atoms. The molecule has 0 aliphatic rings. The molecule has 1 amide bonds. The Morgan fingerprint density at radius 2 is 1.93 bits per heavy atom. The Kier molecular flexibility index (Phi) is 7.83. The topological polar surface area (TPSA) is 88.7 Å². The number of rotatable bonds is 7. The van der Waals surface area contributed by atoms with Crippen LogP contribution in [0.2, 0.25) is 10.0 Å². The minimum Gasteiger partial charge on any atom is -0.433 e. The molecule has 2 rings (SSSR count). The van der Waals surface area contributed by atoms with Crippen molar-refractivity contribution in [3.05, 3.63) is 63.1 Å². The van der Waals surface area contributed by atoms with Gasteiger partial charge in [-0.25, -0.2) is 0 Å². The molecule has 150 valence electrons. The summed E-state index contributed by atoms with van der Waals surface area (Å²) in [5, 5.41) is 6.28. The fourth-order valence-corrected chi connectivity index (χ4v) is 2.97. The van der Waals surface area contributed by atoms with Gasteiger partial charge in [-0.2, -0.15) is 8.78 Å². The number of halogens is 4. The van der Waals surface area contributed by atoms with Crippen LogP contribution in [-0.4, -0.2) is 25.5 Å². The normalized spacial score (nSPS) is 11.4. The van der Waals surface area contributed by atoms with E-state index in [1.54, 1.807) is 25.2 Å². The van der Waals surface area contributed by atoms with Crippen molar-refractivity contribution in [2.24, 2.45) is 10.7 Å². The summed E-state index contributed by atoms with van der Waals surface area (Å²) in [5.74, 6) is -0.282. The molecule has 0 spiro atoms. The van der Waals surface area contributed by atoms with Gasteiger partial charge in [0.1, 0.15) is 5.75 Å². The maximum absolute atomic E-state index is 12.6. The molecular weight excluding hydrogens is 413 g/mol. The van der Waals surface area contributed by atoms with E-state index in [4.69, 9.17) is 28.9 Å². The van der Waals surface area contributed by atoms with Crippen molar-refractivity contribution in [1.29, 1.82) is 0 Å². The Bertz CT molecular complexity index is 879. The summed E-state index contributed by atoms with van der Waals surface area (Å²) < 4.78 is 29.8. The van der Waals surface area contributed by atoms with Gasteiger partial charge in [0.25, 0.3) is 0 Å². The van der Waals surface area contributed by atoms with Crippen molar-refractivity contribution in [2.45, 2.75) is 19.7 Å². The van der Waals surface area contributed by atoms with Crippen LogP contribution in [0.15, 0.2) is 41.4 Å². The molecule has 0 aromatic heterocycles. The fraction of sp³-hybridized carbons (Fsp3) is 0.222. The number of alkyl halides is 2. The molecule has 10 heteroatoms. The predicted octanol–water partition coefficient (Wildman–Crippen LogP) is 3.56. The molecule has 4 N–H and O–H groups in total. The van der Waals surface area contributed by atoms with E-state index < -0.39 is 12.5 Å². The van der Waals surface area contributed by atoms with Gasteiger partial charge in [0, 0.05) is 36.3 Å². The number of hydrogen-bond acceptors (Lipinski definition) is 3. The van der Waals surface area contributed by atoms with Crippen LogP contribution in [0.1, 0.15) is 21.5 Å². The highest BCUT2D eigenvalue weighted by Gasteiger charge is 2.15. The van der Waals surface area contributed by atoms with Crippen molar-refractivity contribution < 1.29 is 18.3 Å². The standard InChI is InChI=1S/C18H18Cl2F2N4O2/c1-24-18(25-8-10-3-2-4-11(5-10)16(23)27)26-9-12-6-13(19)7-14(20)15(12)28-17(21)22/h2-7,17H,8-9H2,1H3,(H2,23,27)(H2,24,25,26). The van der Waals surface area contributed by atoms with E-state index in [0.29, 0.717) is 23.6 Å². The van der Waals surface area contributed by atoms with Gasteiger partial charge >= 0.3 is 6.61 Å². The maximum Gasteiger partial charge on any atom is 0.387 e. The average Bonchev–Trinajstić information content (AvgIpc) is 2.64. The molecule has 28 heavy (non-hydrogen) atoms. The smallest absolute Gasteiger partial charge is 0.387 e. The molecule has 0 saturated heterocycles. The Labute approximate surface area is 170 Å². The molecule has 0 aliphatic heterocycles. The molecule has 0 saturated carbocycles. The van der Waals surface area contributed by atoms with E-state index in [2.05, 4.69) is 20.4 Å². The number of amides is 1. The van der Waals surface area contributed by atoms with Crippen molar-refractivity contribution in [3.8, 4) is 5.75 Å². The van der Waals surface area contributed by atoms with Gasteiger partial charge in [-0.1, -0.05) is 35.3 Å². The number of aliphatic imine (C=N–C) groups is 1. The summed E-state index contributed by atoms with van der Waals surface area (Å²) in [4.78, 5) is 15.3. The summed E-state index contributed by atoms with van der Waals surface area (Å²) in [6.07, 6.45) is 0. The van der Waals surface area contributed by atoms with Gasteiger partial charge in [-0.3, -0.25) is 9.79 Å². The molecule has 0 fully saturated rings. The van der Waals surface area contributed by atoms with E-state index in [0.717, 1.165) is 5.56 Å². The highest BCUT2D eigenvalue weighted by molar-refractivity contribution is 6.35. The largest absolute Gasteiger partial charge is 0.433 e. The number of benzene rings is 2. The van der Waals surface area contributed by atoms with E-state index in [9.17, 15) is 13.6 Å². The second-order valence-corrected chi connectivity index (χ2v) is 6.44. The predicted molar refractivity (Wildman–Crippen MR) is 105 cm³/mol. The number of carbonyl (C=O) groups is 1. The first-order chi connectivity index (χ1) is 13.3. The molecule has 0 heterocycles. The van der Waals surface area contributed by atoms with Crippen LogP contribution in [0.3, 0.4) is 0 Å². The zero-order valence-corrected chi connectivity index (χ0v) is 16.3. The lowest BCUT2D eigenvalue weighted by Crippen LogP contribution is -2.36. The number of nitrogens with one attached hydrogen (secondary N) is 2. The van der Waals surface area contributed by atoms with Gasteiger partial charge in [-0.15, -0.1) is 0 Å². The number of nitrogens with zero attached hydrogens (tertiary/aromatic N) is 1. The van der Waals surface area contributed by atoms with Crippen LogP contribution >= 0.6 is 23.2 Å². The van der Waals surface area contributed by atoms with E-state index in [-0.39, 0.29) is 22.3 Å². The van der Waals surface area contributed by atoms with Gasteiger partial charge in [0.2, 0.25) is 5.91 Å². The fourth-order valence-electron chi connectivity index (χ4n) is 2.39. The monoisotopic (exact) mass is 430 g/mol. The Hall–Kier alpha value is -2.58. The molecule has 2 aromatic rings. The summed E-state index contributed by atoms with van der Waals surface area (Å²) in [6, 6.07) is 9.61. The van der Waals surface area contributed by atoms with Gasteiger partial charge < -0.3 is 21.1 Å². The minimum atomic E-state index is -3.02. The second kappa shape index (κ2) is 10.1. The second-order valence-electron chi connectivity index (χ2n) is 5.60. The third-order valence-electron chi connectivity index (χ3n) is 3.63. The minimum absolute atomic E-state index is 0.0178. The Morgan fingerprint density at radius 1 is 1.21 bits per heavy atom. The highest BCUT2D eigenvalue weighted by atomic mass is 35.5.